The molecule has 6 aliphatic rings. The quantitative estimate of drug-likeness (QED) is 0.0434. The molecular formula is C74H96N22O6. The van der Waals surface area contributed by atoms with Crippen molar-refractivity contribution in [2.45, 2.75) is 107 Å². The van der Waals surface area contributed by atoms with Gasteiger partial charge in [0.05, 0.1) is 73.1 Å². The summed E-state index contributed by atoms with van der Waals surface area (Å²) in [6, 6.07) is 16.0. The summed E-state index contributed by atoms with van der Waals surface area (Å²) in [7, 11) is 0. The van der Waals surface area contributed by atoms with E-state index in [4.69, 9.17) is 80.3 Å². The second-order valence-electron chi connectivity index (χ2n) is 27.4. The molecule has 0 atom stereocenters. The van der Waals surface area contributed by atoms with Crippen LogP contribution in [-0.2, 0) is 9.47 Å². The van der Waals surface area contributed by atoms with Crippen LogP contribution in [0, 0.1) is 66.2 Å². The summed E-state index contributed by atoms with van der Waals surface area (Å²) in [5.74, 6) is 0.934. The van der Waals surface area contributed by atoms with Crippen LogP contribution in [0.15, 0.2) is 92.0 Å². The lowest BCUT2D eigenvalue weighted by Gasteiger charge is -2.42. The number of hydrogen-bond acceptors (Lipinski definition) is 22. The maximum absolute atomic E-state index is 10.4. The fourth-order valence-electron chi connectivity index (χ4n) is 14.0. The molecule has 0 unspecified atom stereocenters. The van der Waals surface area contributed by atoms with E-state index in [1.807, 2.05) is 122 Å². The number of nitrogens with two attached hydrogens (primary N) is 2. The zero-order valence-electron chi connectivity index (χ0n) is 60.2. The molecule has 4 saturated heterocycles. The van der Waals surface area contributed by atoms with Gasteiger partial charge < -0.3 is 49.7 Å². The summed E-state index contributed by atoms with van der Waals surface area (Å²) in [5, 5.41) is 44.7. The van der Waals surface area contributed by atoms with Crippen LogP contribution >= 0.6 is 0 Å². The van der Waals surface area contributed by atoms with E-state index in [9.17, 15) is 10.8 Å². The van der Waals surface area contributed by atoms with Crippen LogP contribution in [0.3, 0.4) is 0 Å². The van der Waals surface area contributed by atoms with Crippen LogP contribution in [-0.4, -0.2) is 234 Å². The number of piperidine rings is 2. The van der Waals surface area contributed by atoms with E-state index in [0.29, 0.717) is 97.5 Å². The highest BCUT2D eigenvalue weighted by molar-refractivity contribution is 6.54. The second-order valence-corrected chi connectivity index (χ2v) is 27.4. The lowest BCUT2D eigenvalue weighted by atomic mass is 10.1. The highest BCUT2D eigenvalue weighted by atomic mass is 16.5. The van der Waals surface area contributed by atoms with Gasteiger partial charge in [-0.1, -0.05) is 37.1 Å². The first-order valence-electron chi connectivity index (χ1n) is 36.2. The number of pyridine rings is 4. The summed E-state index contributed by atoms with van der Waals surface area (Å²) in [6.45, 7) is 30.1. The van der Waals surface area contributed by atoms with Gasteiger partial charge in [0.25, 0.3) is 23.5 Å². The molecule has 8 aromatic heterocycles. The predicted molar refractivity (Wildman–Crippen MR) is 397 cm³/mol. The SMILES string of the molecule is Cc1ccc2c(N=C3C(=N)C=C(N)C(=Nc4c(OCCCN5CCCCC5)nn5c(C)c(C)ccc45)N3N3C(=Nc4c(OCCN5CCOCC5)nn5c(C)c(C)ccc45)C(=N)C=C(N)C3=Nc3c(OCCN4CCOCC4)nn4c(C)c(C)ccc34)c(OCCCN3CCCCC3)nn2c1C. The molecule has 28 nitrogen and oxygen atoms in total. The van der Waals surface area contributed by atoms with Crippen molar-refractivity contribution in [1.29, 1.82) is 10.8 Å². The topological polar surface area (TPSA) is 293 Å². The standard InChI is InChI=1S/C74H96N22O6/c1-47-17-21-59-63(71(83-91(59)51(47)5)99-37-15-29-87-25-11-9-12-26-87)79-67-55(75)45-56(76)68(80-64-60-22-18-48(2)52(6)92(60)84-72(64)100-38-16-30-88-27-13-10-14-28-88)95(67)96-69(81-65-61-23-19-49(3)53(7)93(61)85-73(65)101-43-35-89-31-39-97-40-32-89)57(77)46-58(78)70(96)82-66-62-24-20-50(4)54(8)94(62)86-74(66)102-44-36-90-33-41-98-42-34-90/h17-24,45-46,75,77H,9-16,25-44,76,78H2,1-8H3. The number of fused-ring (bicyclic) bond motifs is 4. The third kappa shape index (κ3) is 14.4. The van der Waals surface area contributed by atoms with Crippen molar-refractivity contribution in [2.24, 2.45) is 31.4 Å². The van der Waals surface area contributed by atoms with Gasteiger partial charge >= 0.3 is 0 Å². The Morgan fingerprint density at radius 3 is 0.971 bits per heavy atom. The number of morpholine rings is 2. The Hall–Kier alpha value is -9.58. The third-order valence-electron chi connectivity index (χ3n) is 20.6. The number of nitrogens with one attached hydrogen (secondary N) is 2. The molecule has 14 heterocycles. The van der Waals surface area contributed by atoms with Crippen molar-refractivity contribution in [3.8, 4) is 23.5 Å². The fraction of sp³-hybridized carbons (Fsp3) is 0.486. The normalized spacial score (nSPS) is 19.7. The third-order valence-corrected chi connectivity index (χ3v) is 20.6. The van der Waals surface area contributed by atoms with Crippen molar-refractivity contribution in [3.05, 3.63) is 117 Å². The van der Waals surface area contributed by atoms with Gasteiger partial charge in [-0.05, 0) is 179 Å². The molecule has 0 bridgehead atoms. The fourth-order valence-corrected chi connectivity index (χ4v) is 14.0. The molecule has 6 N–H and O–H groups in total. The number of likely N-dealkylation sites (tertiary alicyclic amines) is 2. The number of nitrogens with zero attached hydrogens (tertiary/aromatic N) is 18. The molecule has 6 aliphatic heterocycles. The summed E-state index contributed by atoms with van der Waals surface area (Å²) in [6.07, 6.45) is 11.7. The Labute approximate surface area is 594 Å². The van der Waals surface area contributed by atoms with E-state index in [1.54, 1.807) is 10.0 Å². The van der Waals surface area contributed by atoms with Gasteiger partial charge in [-0.25, -0.2) is 48.0 Å². The monoisotopic (exact) mass is 1390 g/mol. The van der Waals surface area contributed by atoms with Crippen molar-refractivity contribution in [1.82, 2.24) is 68.1 Å². The number of rotatable bonds is 23. The lowest BCUT2D eigenvalue weighted by Crippen LogP contribution is -2.63. The number of hydrogen-bond donors (Lipinski definition) is 4. The molecule has 0 aromatic carbocycles. The van der Waals surface area contributed by atoms with Gasteiger partial charge in [0, 0.05) is 75.1 Å². The average Bonchev–Trinajstić information content (AvgIpc) is 1.21. The van der Waals surface area contributed by atoms with Crippen molar-refractivity contribution >= 4 is 79.6 Å². The van der Waals surface area contributed by atoms with Gasteiger partial charge in [0.2, 0.25) is 0 Å². The van der Waals surface area contributed by atoms with Gasteiger partial charge in [-0.3, -0.25) is 20.6 Å². The molecule has 538 valence electrons. The zero-order chi connectivity index (χ0) is 70.7. The van der Waals surface area contributed by atoms with Crippen LogP contribution in [0.25, 0.3) is 22.1 Å². The molecule has 4 fully saturated rings. The first kappa shape index (κ1) is 69.5. The first-order valence-corrected chi connectivity index (χ1v) is 36.2. The Balaban J connectivity index is 1.02. The first-order chi connectivity index (χ1) is 49.6. The molecule has 28 heteroatoms. The van der Waals surface area contributed by atoms with E-state index >= 15 is 0 Å². The van der Waals surface area contributed by atoms with Gasteiger partial charge in [0.15, 0.2) is 46.1 Å². The molecule has 0 radical (unpaired) electrons. The number of aryl methyl sites for hydroxylation is 8. The molecule has 8 aromatic rings. The molecule has 0 amide bonds. The maximum Gasteiger partial charge on any atom is 0.260 e. The van der Waals surface area contributed by atoms with Crippen molar-refractivity contribution < 1.29 is 28.4 Å². The highest BCUT2D eigenvalue weighted by Crippen LogP contribution is 2.41. The number of amidine groups is 4. The Morgan fingerprint density at radius 2 is 0.657 bits per heavy atom. The van der Waals surface area contributed by atoms with Crippen molar-refractivity contribution in [3.63, 3.8) is 0 Å². The smallest absolute Gasteiger partial charge is 0.260 e. The van der Waals surface area contributed by atoms with E-state index in [2.05, 4.69) is 19.6 Å². The van der Waals surface area contributed by atoms with Crippen LogP contribution in [0.2, 0.25) is 0 Å². The summed E-state index contributed by atoms with van der Waals surface area (Å²) in [5.41, 5.74) is 26.1. The lowest BCUT2D eigenvalue weighted by molar-refractivity contribution is 0.0319. The maximum atomic E-state index is 10.4. The minimum Gasteiger partial charge on any atom is -0.475 e. The predicted octanol–water partition coefficient (Wildman–Crippen LogP) is 9.17. The average molecular weight is 1390 g/mol. The summed E-state index contributed by atoms with van der Waals surface area (Å²) in [4.78, 5) is 32.2. The van der Waals surface area contributed by atoms with E-state index < -0.39 is 0 Å². The molecule has 0 aliphatic carbocycles. The number of aromatic nitrogens is 8. The van der Waals surface area contributed by atoms with E-state index in [1.165, 1.54) is 50.7 Å². The zero-order valence-corrected chi connectivity index (χ0v) is 60.2. The Kier molecular flexibility index (Phi) is 20.8. The van der Waals surface area contributed by atoms with Crippen LogP contribution in [0.4, 0.5) is 22.7 Å². The highest BCUT2D eigenvalue weighted by Gasteiger charge is 2.43. The number of aliphatic imine (C=N–C) groups is 4. The van der Waals surface area contributed by atoms with Crippen LogP contribution in [0.1, 0.15) is 96.4 Å². The molecule has 0 saturated carbocycles. The minimum atomic E-state index is -0.153. The van der Waals surface area contributed by atoms with Gasteiger partial charge in [-0.15, -0.1) is 20.4 Å². The molecule has 14 rings (SSSR count). The summed E-state index contributed by atoms with van der Waals surface area (Å²) >= 11 is 0. The van der Waals surface area contributed by atoms with Crippen molar-refractivity contribution in [2.75, 3.05) is 131 Å². The Bertz CT molecular complexity index is 4680. The van der Waals surface area contributed by atoms with Crippen LogP contribution < -0.4 is 30.4 Å². The largest absolute Gasteiger partial charge is 0.475 e. The number of ether oxygens (including phenoxy) is 6. The Morgan fingerprint density at radius 1 is 0.373 bits per heavy atom. The van der Waals surface area contributed by atoms with Gasteiger partial charge in [0.1, 0.15) is 24.6 Å². The molecule has 0 spiro atoms. The summed E-state index contributed by atoms with van der Waals surface area (Å²) < 4.78 is 46.0. The number of hydrazine groups is 1. The molecular weight excluding hydrogens is 1290 g/mol. The van der Waals surface area contributed by atoms with Gasteiger partial charge in [-0.2, -0.15) is 0 Å². The second kappa shape index (κ2) is 30.5. The van der Waals surface area contributed by atoms with Crippen LogP contribution in [0.5, 0.6) is 23.5 Å². The van der Waals surface area contributed by atoms with E-state index in [0.717, 1.165) is 123 Å². The van der Waals surface area contributed by atoms with E-state index in [-0.39, 0.29) is 82.9 Å². The molecule has 102 heavy (non-hydrogen) atoms. The minimum absolute atomic E-state index is 0.0260.